The number of pyridine rings is 1. The van der Waals surface area contributed by atoms with Gasteiger partial charge in [-0.3, -0.25) is 0 Å². The summed E-state index contributed by atoms with van der Waals surface area (Å²) < 4.78 is 4.66. The monoisotopic (exact) mass is 252 g/mol. The zero-order chi connectivity index (χ0) is 13.5. The molecule has 1 atom stereocenters. The molecule has 1 aromatic rings. The molecule has 0 aliphatic carbocycles. The molecule has 1 unspecified atom stereocenters. The molecule has 0 fully saturated rings. The number of aliphatic hydroxyl groups is 1. The predicted octanol–water partition coefficient (Wildman–Crippen LogP) is 1.61. The van der Waals surface area contributed by atoms with E-state index in [1.165, 1.54) is 7.11 Å². The minimum atomic E-state index is -0.375. The van der Waals surface area contributed by atoms with Gasteiger partial charge in [-0.1, -0.05) is 6.92 Å². The number of esters is 1. The average molecular weight is 252 g/mol. The molecular formula is C13H20N2O3. The summed E-state index contributed by atoms with van der Waals surface area (Å²) in [6.45, 7) is 4.76. The number of methoxy groups -OCH3 is 1. The van der Waals surface area contributed by atoms with E-state index in [0.717, 1.165) is 18.8 Å². The fourth-order valence-electron chi connectivity index (χ4n) is 1.59. The fourth-order valence-corrected chi connectivity index (χ4v) is 1.59. The Hall–Kier alpha value is -1.62. The topological polar surface area (TPSA) is 71.5 Å². The normalized spacial score (nSPS) is 12.0. The maximum atomic E-state index is 11.4. The van der Waals surface area contributed by atoms with Gasteiger partial charge in [-0.15, -0.1) is 0 Å². The zero-order valence-electron chi connectivity index (χ0n) is 11.1. The first-order valence-electron chi connectivity index (χ1n) is 5.99. The SMILES string of the molecule is COC(=O)c1ccc(NCC(C)CCO)nc1C. The van der Waals surface area contributed by atoms with Crippen LogP contribution >= 0.6 is 0 Å². The molecule has 1 heterocycles. The van der Waals surface area contributed by atoms with Crippen molar-refractivity contribution in [1.82, 2.24) is 4.98 Å². The van der Waals surface area contributed by atoms with Crippen molar-refractivity contribution in [2.75, 3.05) is 25.6 Å². The Morgan fingerprint density at radius 2 is 2.28 bits per heavy atom. The highest BCUT2D eigenvalue weighted by atomic mass is 16.5. The number of carbonyl (C=O) groups excluding carboxylic acids is 1. The number of hydrogen-bond acceptors (Lipinski definition) is 5. The van der Waals surface area contributed by atoms with Crippen molar-refractivity contribution in [3.63, 3.8) is 0 Å². The van der Waals surface area contributed by atoms with E-state index in [2.05, 4.69) is 22.0 Å². The molecule has 2 N–H and O–H groups in total. The van der Waals surface area contributed by atoms with Gasteiger partial charge in [0.15, 0.2) is 0 Å². The summed E-state index contributed by atoms with van der Waals surface area (Å²) in [6, 6.07) is 3.46. The third-order valence-electron chi connectivity index (χ3n) is 2.74. The van der Waals surface area contributed by atoms with Gasteiger partial charge in [0, 0.05) is 13.2 Å². The van der Waals surface area contributed by atoms with Gasteiger partial charge < -0.3 is 15.2 Å². The maximum Gasteiger partial charge on any atom is 0.339 e. The molecule has 0 bridgehead atoms. The summed E-state index contributed by atoms with van der Waals surface area (Å²) in [4.78, 5) is 15.7. The average Bonchev–Trinajstić information content (AvgIpc) is 2.36. The van der Waals surface area contributed by atoms with Crippen LogP contribution in [0.4, 0.5) is 5.82 Å². The molecule has 0 aliphatic rings. The van der Waals surface area contributed by atoms with E-state index in [-0.39, 0.29) is 12.6 Å². The number of hydrogen-bond donors (Lipinski definition) is 2. The molecule has 1 rings (SSSR count). The molecule has 1 aromatic heterocycles. The minimum absolute atomic E-state index is 0.191. The van der Waals surface area contributed by atoms with Crippen molar-refractivity contribution >= 4 is 11.8 Å². The Bertz CT molecular complexity index is 407. The molecule has 0 amide bonds. The van der Waals surface area contributed by atoms with Crippen LogP contribution in [0.5, 0.6) is 0 Å². The summed E-state index contributed by atoms with van der Waals surface area (Å²) >= 11 is 0. The van der Waals surface area contributed by atoms with E-state index in [0.29, 0.717) is 17.2 Å². The Balaban J connectivity index is 2.64. The Morgan fingerprint density at radius 1 is 1.56 bits per heavy atom. The van der Waals surface area contributed by atoms with Gasteiger partial charge in [0.25, 0.3) is 0 Å². The number of aliphatic hydroxyl groups excluding tert-OH is 1. The smallest absolute Gasteiger partial charge is 0.339 e. The van der Waals surface area contributed by atoms with E-state index < -0.39 is 0 Å². The van der Waals surface area contributed by atoms with Gasteiger partial charge in [0.05, 0.1) is 18.4 Å². The van der Waals surface area contributed by atoms with E-state index in [4.69, 9.17) is 5.11 Å². The van der Waals surface area contributed by atoms with Crippen molar-refractivity contribution < 1.29 is 14.6 Å². The number of nitrogens with zero attached hydrogens (tertiary/aromatic N) is 1. The van der Waals surface area contributed by atoms with Crippen LogP contribution in [0, 0.1) is 12.8 Å². The van der Waals surface area contributed by atoms with Gasteiger partial charge in [-0.25, -0.2) is 9.78 Å². The maximum absolute atomic E-state index is 11.4. The second kappa shape index (κ2) is 6.96. The van der Waals surface area contributed by atoms with Crippen molar-refractivity contribution in [3.8, 4) is 0 Å². The van der Waals surface area contributed by atoms with Crippen LogP contribution in [0.3, 0.4) is 0 Å². The van der Waals surface area contributed by atoms with Crippen molar-refractivity contribution in [3.05, 3.63) is 23.4 Å². The van der Waals surface area contributed by atoms with E-state index >= 15 is 0 Å². The Kier molecular flexibility index (Phi) is 5.58. The van der Waals surface area contributed by atoms with Gasteiger partial charge in [-0.05, 0) is 31.4 Å². The standard InChI is InChI=1S/C13H20N2O3/c1-9(6-7-16)8-14-12-5-4-11(10(2)15-12)13(17)18-3/h4-5,9,16H,6-8H2,1-3H3,(H,14,15). The van der Waals surface area contributed by atoms with Crippen molar-refractivity contribution in [2.24, 2.45) is 5.92 Å². The first-order valence-corrected chi connectivity index (χ1v) is 5.99. The number of nitrogens with one attached hydrogen (secondary N) is 1. The molecule has 0 saturated heterocycles. The Morgan fingerprint density at radius 3 is 2.83 bits per heavy atom. The van der Waals surface area contributed by atoms with Gasteiger partial charge in [0.1, 0.15) is 5.82 Å². The number of aromatic nitrogens is 1. The molecule has 0 spiro atoms. The minimum Gasteiger partial charge on any atom is -0.465 e. The molecule has 18 heavy (non-hydrogen) atoms. The van der Waals surface area contributed by atoms with Crippen LogP contribution < -0.4 is 5.32 Å². The van der Waals surface area contributed by atoms with Crippen LogP contribution in [-0.2, 0) is 4.74 Å². The van der Waals surface area contributed by atoms with Gasteiger partial charge >= 0.3 is 5.97 Å². The molecule has 0 saturated carbocycles. The van der Waals surface area contributed by atoms with Crippen LogP contribution in [0.25, 0.3) is 0 Å². The van der Waals surface area contributed by atoms with E-state index in [1.54, 1.807) is 19.1 Å². The highest BCUT2D eigenvalue weighted by Crippen LogP contribution is 2.12. The number of anilines is 1. The van der Waals surface area contributed by atoms with Crippen molar-refractivity contribution in [1.29, 1.82) is 0 Å². The lowest BCUT2D eigenvalue weighted by Crippen LogP contribution is -2.14. The first kappa shape index (κ1) is 14.4. The number of ether oxygens (including phenoxy) is 1. The van der Waals surface area contributed by atoms with Gasteiger partial charge in [0.2, 0.25) is 0 Å². The second-order valence-electron chi connectivity index (χ2n) is 4.32. The number of rotatable bonds is 6. The molecule has 0 radical (unpaired) electrons. The highest BCUT2D eigenvalue weighted by molar-refractivity contribution is 5.90. The lowest BCUT2D eigenvalue weighted by molar-refractivity contribution is 0.0599. The van der Waals surface area contributed by atoms with Crippen molar-refractivity contribution in [2.45, 2.75) is 20.3 Å². The van der Waals surface area contributed by atoms with E-state index in [1.807, 2.05) is 0 Å². The van der Waals surface area contributed by atoms with Crippen LogP contribution in [0.1, 0.15) is 29.4 Å². The van der Waals surface area contributed by atoms with Crippen LogP contribution in [0.15, 0.2) is 12.1 Å². The highest BCUT2D eigenvalue weighted by Gasteiger charge is 2.10. The summed E-state index contributed by atoms with van der Waals surface area (Å²) in [7, 11) is 1.35. The lowest BCUT2D eigenvalue weighted by atomic mass is 10.1. The van der Waals surface area contributed by atoms with Crippen LogP contribution in [0.2, 0.25) is 0 Å². The quantitative estimate of drug-likeness (QED) is 0.753. The molecule has 0 aromatic carbocycles. The first-order chi connectivity index (χ1) is 8.58. The lowest BCUT2D eigenvalue weighted by Gasteiger charge is -2.12. The molecule has 100 valence electrons. The van der Waals surface area contributed by atoms with Crippen LogP contribution in [-0.4, -0.2) is 36.3 Å². The summed E-state index contributed by atoms with van der Waals surface area (Å²) in [5.41, 5.74) is 1.12. The molecule has 0 aliphatic heterocycles. The summed E-state index contributed by atoms with van der Waals surface area (Å²) in [5.74, 6) is 0.725. The zero-order valence-corrected chi connectivity index (χ0v) is 11.1. The largest absolute Gasteiger partial charge is 0.465 e. The van der Waals surface area contributed by atoms with Gasteiger partial charge in [-0.2, -0.15) is 0 Å². The second-order valence-corrected chi connectivity index (χ2v) is 4.32. The predicted molar refractivity (Wildman–Crippen MR) is 69.7 cm³/mol. The third-order valence-corrected chi connectivity index (χ3v) is 2.74. The summed E-state index contributed by atoms with van der Waals surface area (Å²) in [5, 5.41) is 12.0. The molecule has 5 heteroatoms. The fraction of sp³-hybridized carbons (Fsp3) is 0.538. The number of carbonyl (C=O) groups is 1. The molecule has 5 nitrogen and oxygen atoms in total. The molecular weight excluding hydrogens is 232 g/mol. The third kappa shape index (κ3) is 4.00. The number of aryl methyl sites for hydroxylation is 1. The Labute approximate surface area is 107 Å². The van der Waals surface area contributed by atoms with E-state index in [9.17, 15) is 4.79 Å². The summed E-state index contributed by atoms with van der Waals surface area (Å²) in [6.07, 6.45) is 0.756.